The van der Waals surface area contributed by atoms with Crippen molar-refractivity contribution < 1.29 is 4.79 Å². The van der Waals surface area contributed by atoms with Crippen LogP contribution in [0.2, 0.25) is 10.0 Å². The van der Waals surface area contributed by atoms with Crippen LogP contribution < -0.4 is 5.32 Å². The first-order valence-corrected chi connectivity index (χ1v) is 8.03. The molecule has 0 fully saturated rings. The molecule has 0 atom stereocenters. The second-order valence-corrected chi connectivity index (χ2v) is 6.03. The van der Waals surface area contributed by atoms with Crippen LogP contribution in [0, 0.1) is 12.3 Å². The van der Waals surface area contributed by atoms with Crippen molar-refractivity contribution in [3.63, 3.8) is 0 Å². The van der Waals surface area contributed by atoms with E-state index in [0.717, 1.165) is 0 Å². The van der Waals surface area contributed by atoms with Crippen molar-refractivity contribution in [2.45, 2.75) is 6.92 Å². The monoisotopic (exact) mass is 372 g/mol. The molecule has 25 heavy (non-hydrogen) atoms. The lowest BCUT2D eigenvalue weighted by molar-refractivity contribution is 0.102. The van der Waals surface area contributed by atoms with Gasteiger partial charge in [0.1, 0.15) is 0 Å². The van der Waals surface area contributed by atoms with Crippen LogP contribution in [-0.4, -0.2) is 15.7 Å². The van der Waals surface area contributed by atoms with E-state index in [1.165, 1.54) is 16.8 Å². The van der Waals surface area contributed by atoms with Gasteiger partial charge in [-0.25, -0.2) is 4.68 Å². The van der Waals surface area contributed by atoms with E-state index in [9.17, 15) is 10.2 Å². The number of halogens is 2. The number of aryl methyl sites for hydroxylation is 1. The van der Waals surface area contributed by atoms with Crippen molar-refractivity contribution in [2.24, 2.45) is 0 Å². The normalized spacial score (nSPS) is 10.3. The first kappa shape index (κ1) is 17.0. The Balaban J connectivity index is 2.03. The van der Waals surface area contributed by atoms with Crippen LogP contribution in [0.5, 0.6) is 0 Å². The van der Waals surface area contributed by atoms with Crippen molar-refractivity contribution in [2.75, 3.05) is 5.32 Å². The summed E-state index contributed by atoms with van der Waals surface area (Å²) in [7, 11) is 0. The fourth-order valence-corrected chi connectivity index (χ4v) is 2.62. The second kappa shape index (κ2) is 6.93. The van der Waals surface area contributed by atoms with Gasteiger partial charge in [0.05, 0.1) is 15.7 Å². The highest BCUT2D eigenvalue weighted by atomic mass is 35.5. The van der Waals surface area contributed by atoms with Crippen LogP contribution in [0.15, 0.2) is 48.5 Å². The third-order valence-electron chi connectivity index (χ3n) is 3.54. The number of nitrogens with zero attached hydrogens (tertiary/aromatic N) is 4. The topological polar surface area (TPSA) is 75.1 Å². The smallest absolute Gasteiger partial charge is 0.300 e. The molecule has 0 saturated heterocycles. The van der Waals surface area contributed by atoms with Crippen LogP contribution >= 0.6 is 23.2 Å². The van der Waals surface area contributed by atoms with Crippen molar-refractivity contribution in [3.8, 4) is 5.69 Å². The zero-order chi connectivity index (χ0) is 18.0. The number of hydrogen-bond donors (Lipinski definition) is 1. The van der Waals surface area contributed by atoms with Crippen LogP contribution in [0.25, 0.3) is 10.7 Å². The fraction of sp³-hybridized carbons (Fsp3) is 0.0588. The Morgan fingerprint density at radius 2 is 1.88 bits per heavy atom. The van der Waals surface area contributed by atoms with Gasteiger partial charge in [0, 0.05) is 5.56 Å². The summed E-state index contributed by atoms with van der Waals surface area (Å²) >= 11 is 11.8. The van der Waals surface area contributed by atoms with Crippen molar-refractivity contribution in [3.05, 3.63) is 74.8 Å². The highest BCUT2D eigenvalue weighted by Crippen LogP contribution is 2.32. The quantitative estimate of drug-likeness (QED) is 0.639. The maximum atomic E-state index is 12.6. The fourth-order valence-electron chi connectivity index (χ4n) is 2.32. The molecule has 0 radical (unpaired) electrons. The predicted molar refractivity (Wildman–Crippen MR) is 97.5 cm³/mol. The van der Waals surface area contributed by atoms with E-state index in [1.807, 2.05) is 30.3 Å². The van der Waals surface area contributed by atoms with E-state index < -0.39 is 5.91 Å². The predicted octanol–water partition coefficient (Wildman–Crippen LogP) is 5.22. The zero-order valence-corrected chi connectivity index (χ0v) is 14.6. The lowest BCUT2D eigenvalue weighted by Gasteiger charge is -2.07. The van der Waals surface area contributed by atoms with E-state index in [1.54, 1.807) is 13.0 Å². The average molecular weight is 373 g/mol. The van der Waals surface area contributed by atoms with Crippen LogP contribution in [0.3, 0.4) is 0 Å². The summed E-state index contributed by atoms with van der Waals surface area (Å²) in [6, 6.07) is 13.7. The summed E-state index contributed by atoms with van der Waals surface area (Å²) in [4.78, 5) is 15.8. The Morgan fingerprint density at radius 1 is 1.16 bits per heavy atom. The van der Waals surface area contributed by atoms with E-state index in [4.69, 9.17) is 23.2 Å². The number of carbonyl (C=O) groups is 1. The number of anilines is 1. The molecule has 1 aromatic heterocycles. The van der Waals surface area contributed by atoms with E-state index in [-0.39, 0.29) is 16.5 Å². The Bertz CT molecular complexity index is 992. The Kier molecular flexibility index (Phi) is 4.70. The second-order valence-electron chi connectivity index (χ2n) is 5.21. The lowest BCUT2D eigenvalue weighted by Crippen LogP contribution is -2.15. The SMILES string of the molecule is Cc1nn(-c2ccccc2)c(NC(=O)c2ccc(Cl)c(Cl)c2)c1[N+]#N. The van der Waals surface area contributed by atoms with Gasteiger partial charge < -0.3 is 0 Å². The third-order valence-corrected chi connectivity index (χ3v) is 4.28. The molecule has 3 rings (SSSR count). The first-order chi connectivity index (χ1) is 12.0. The molecular weight excluding hydrogens is 361 g/mol. The molecule has 0 aliphatic carbocycles. The van der Waals surface area contributed by atoms with Gasteiger partial charge in [-0.05, 0) is 37.3 Å². The summed E-state index contributed by atoms with van der Waals surface area (Å²) < 4.78 is 1.50. The first-order valence-electron chi connectivity index (χ1n) is 7.28. The minimum atomic E-state index is -0.430. The average Bonchev–Trinajstić information content (AvgIpc) is 2.93. The van der Waals surface area contributed by atoms with Gasteiger partial charge in [0.15, 0.2) is 10.7 Å². The Morgan fingerprint density at radius 3 is 2.52 bits per heavy atom. The number of benzene rings is 2. The number of hydrogen-bond acceptors (Lipinski definition) is 3. The minimum absolute atomic E-state index is 0.178. The largest absolute Gasteiger partial charge is 0.449 e. The van der Waals surface area contributed by atoms with Gasteiger partial charge in [-0.3, -0.25) is 10.1 Å². The van der Waals surface area contributed by atoms with Crippen LogP contribution in [0.1, 0.15) is 16.1 Å². The number of diazo groups is 1. The number of aromatic nitrogens is 2. The molecule has 124 valence electrons. The van der Waals surface area contributed by atoms with Gasteiger partial charge >= 0.3 is 5.69 Å². The van der Waals surface area contributed by atoms with E-state index >= 15 is 0 Å². The molecule has 6 nitrogen and oxygen atoms in total. The Hall–Kier alpha value is -2.88. The van der Waals surface area contributed by atoms with Gasteiger partial charge in [-0.1, -0.05) is 41.4 Å². The van der Waals surface area contributed by atoms with Gasteiger partial charge in [0.2, 0.25) is 11.2 Å². The maximum Gasteiger partial charge on any atom is 0.449 e. The molecule has 3 aromatic rings. The molecule has 8 heteroatoms. The summed E-state index contributed by atoms with van der Waals surface area (Å²) in [6.45, 7) is 1.68. The molecule has 2 aromatic carbocycles. The summed E-state index contributed by atoms with van der Waals surface area (Å²) in [5.41, 5.74) is 1.68. The molecule has 0 saturated carbocycles. The van der Waals surface area contributed by atoms with Gasteiger partial charge in [-0.2, -0.15) is 5.10 Å². The molecule has 1 heterocycles. The zero-order valence-electron chi connectivity index (χ0n) is 13.1. The number of carbonyl (C=O) groups excluding carboxylic acids is 1. The molecule has 1 N–H and O–H groups in total. The summed E-state index contributed by atoms with van der Waals surface area (Å²) in [5.74, 6) is -0.178. The highest BCUT2D eigenvalue weighted by molar-refractivity contribution is 6.42. The van der Waals surface area contributed by atoms with Gasteiger partial charge in [-0.15, -0.1) is 0 Å². The summed E-state index contributed by atoms with van der Waals surface area (Å²) in [5, 5.41) is 17.0. The molecular formula is C17H12Cl2N5O+. The molecule has 0 aliphatic rings. The van der Waals surface area contributed by atoms with Crippen LogP contribution in [0.4, 0.5) is 11.5 Å². The molecule has 0 unspecified atom stereocenters. The number of amides is 1. The summed E-state index contributed by atoms with van der Waals surface area (Å²) in [6.07, 6.45) is 0. The maximum absolute atomic E-state index is 12.6. The minimum Gasteiger partial charge on any atom is -0.300 e. The standard InChI is InChI=1S/C17H11Cl2N5O/c1-10-15(22-20)16(24(23-10)12-5-3-2-4-6-12)21-17(25)11-7-8-13(18)14(19)9-11/h2-9H,1H3/p+1. The van der Waals surface area contributed by atoms with E-state index in [0.29, 0.717) is 22.0 Å². The van der Waals surface area contributed by atoms with Crippen molar-refractivity contribution >= 4 is 40.6 Å². The van der Waals surface area contributed by atoms with Crippen LogP contribution in [-0.2, 0) is 0 Å². The Labute approximate surface area is 153 Å². The van der Waals surface area contributed by atoms with Crippen molar-refractivity contribution in [1.82, 2.24) is 9.78 Å². The van der Waals surface area contributed by atoms with Crippen molar-refractivity contribution in [1.29, 1.82) is 5.39 Å². The molecule has 1 amide bonds. The molecule has 0 spiro atoms. The highest BCUT2D eigenvalue weighted by Gasteiger charge is 2.28. The molecule has 0 bridgehead atoms. The lowest BCUT2D eigenvalue weighted by atomic mass is 10.2. The van der Waals surface area contributed by atoms with Gasteiger partial charge in [0.25, 0.3) is 5.91 Å². The number of nitrogens with one attached hydrogen (secondary N) is 1. The third kappa shape index (κ3) is 3.33. The van der Waals surface area contributed by atoms with E-state index in [2.05, 4.69) is 15.4 Å². The number of para-hydroxylation sites is 1. The molecule has 0 aliphatic heterocycles. The number of rotatable bonds is 3.